The predicted molar refractivity (Wildman–Crippen MR) is 32.6 cm³/mol. The Morgan fingerprint density at radius 3 is 2.50 bits per heavy atom. The fourth-order valence-corrected chi connectivity index (χ4v) is 1.19. The van der Waals surface area contributed by atoms with Gasteiger partial charge in [0.05, 0.1) is 6.20 Å². The summed E-state index contributed by atoms with van der Waals surface area (Å²) >= 11 is 0. The number of hydrogen-bond acceptors (Lipinski definition) is 4. The summed E-state index contributed by atoms with van der Waals surface area (Å²) in [5, 5.41) is 8.03. The molecule has 0 fully saturated rings. The highest BCUT2D eigenvalue weighted by atomic mass is 32.2. The first-order valence-corrected chi connectivity index (χ1v) is 4.00. The van der Waals surface area contributed by atoms with Crippen LogP contribution in [0.2, 0.25) is 0 Å². The summed E-state index contributed by atoms with van der Waals surface area (Å²) in [7, 11) is -3.65. The van der Waals surface area contributed by atoms with Crippen molar-refractivity contribution in [1.82, 2.24) is 5.16 Å². The summed E-state index contributed by atoms with van der Waals surface area (Å²) in [5.41, 5.74) is 0. The molecule has 1 aromatic rings. The van der Waals surface area contributed by atoms with Gasteiger partial charge in [0.25, 0.3) is 0 Å². The van der Waals surface area contributed by atoms with E-state index in [0.29, 0.717) is 0 Å². The lowest BCUT2D eigenvalue weighted by Gasteiger charge is -1.89. The predicted octanol–water partition coefficient (Wildman–Crippen LogP) is -0.370. The second-order valence-electron chi connectivity index (χ2n) is 1.79. The molecule has 0 saturated heterocycles. The second kappa shape index (κ2) is 2.06. The first kappa shape index (κ1) is 7.23. The van der Waals surface area contributed by atoms with E-state index in [4.69, 9.17) is 5.14 Å². The number of aryl methyl sites for hydroxylation is 1. The van der Waals surface area contributed by atoms with Gasteiger partial charge < -0.3 is 4.52 Å². The smallest absolute Gasteiger partial charge is 0.243 e. The van der Waals surface area contributed by atoms with Gasteiger partial charge in [0, 0.05) is 0 Å². The Balaban J connectivity index is 3.32. The molecule has 1 rings (SSSR count). The molecule has 0 amide bonds. The van der Waals surface area contributed by atoms with Crippen molar-refractivity contribution in [2.45, 2.75) is 11.8 Å². The topological polar surface area (TPSA) is 86.2 Å². The van der Waals surface area contributed by atoms with E-state index in [9.17, 15) is 8.42 Å². The number of hydrogen-bond donors (Lipinski definition) is 1. The number of nitrogens with two attached hydrogens (primary N) is 1. The zero-order valence-corrected chi connectivity index (χ0v) is 6.05. The van der Waals surface area contributed by atoms with Crippen molar-refractivity contribution in [2.24, 2.45) is 5.14 Å². The summed E-state index contributed by atoms with van der Waals surface area (Å²) in [6.45, 7) is 1.48. The minimum atomic E-state index is -3.65. The molecule has 2 N–H and O–H groups in total. The van der Waals surface area contributed by atoms with Crippen LogP contribution in [0.5, 0.6) is 0 Å². The molecule has 0 aliphatic rings. The molecule has 56 valence electrons. The minimum Gasteiger partial charge on any atom is -0.360 e. The lowest BCUT2D eigenvalue weighted by Crippen LogP contribution is -2.12. The van der Waals surface area contributed by atoms with Crippen molar-refractivity contribution in [3.63, 3.8) is 0 Å². The average Bonchev–Trinajstić information content (AvgIpc) is 2.11. The molecule has 5 nitrogen and oxygen atoms in total. The molecule has 0 atom stereocenters. The number of aromatic nitrogens is 1. The van der Waals surface area contributed by atoms with Crippen LogP contribution in [0.15, 0.2) is 15.6 Å². The third-order valence-electron chi connectivity index (χ3n) is 1.01. The maximum Gasteiger partial charge on any atom is 0.243 e. The molecule has 0 aliphatic heterocycles. The molecule has 6 heteroatoms. The van der Waals surface area contributed by atoms with Gasteiger partial charge in [0.15, 0.2) is 5.76 Å². The van der Waals surface area contributed by atoms with E-state index in [2.05, 4.69) is 9.68 Å². The summed E-state index contributed by atoms with van der Waals surface area (Å²) in [5.74, 6) is 0.211. The van der Waals surface area contributed by atoms with Gasteiger partial charge >= 0.3 is 0 Å². The molecule has 0 spiro atoms. The first-order chi connectivity index (χ1) is 4.52. The molecule has 0 bridgehead atoms. The molecule has 0 saturated carbocycles. The third kappa shape index (κ3) is 1.17. The molecule has 1 heterocycles. The second-order valence-corrected chi connectivity index (χ2v) is 3.32. The van der Waals surface area contributed by atoms with Crippen LogP contribution in [0.3, 0.4) is 0 Å². The van der Waals surface area contributed by atoms with E-state index in [1.54, 1.807) is 0 Å². The summed E-state index contributed by atoms with van der Waals surface area (Å²) < 4.78 is 25.7. The highest BCUT2D eigenvalue weighted by molar-refractivity contribution is 7.89. The standard InChI is InChI=1S/C4H6N2O3S/c1-3-4(2-6-9-3)10(5,7)8/h2H,1H3,(H2,5,7,8). The third-order valence-corrected chi connectivity index (χ3v) is 2.02. The molecule has 0 aromatic carbocycles. The van der Waals surface area contributed by atoms with Crippen LogP contribution in [0.25, 0.3) is 0 Å². The summed E-state index contributed by atoms with van der Waals surface area (Å²) in [6, 6.07) is 0. The van der Waals surface area contributed by atoms with Crippen molar-refractivity contribution in [1.29, 1.82) is 0 Å². The monoisotopic (exact) mass is 162 g/mol. The zero-order chi connectivity index (χ0) is 7.78. The fraction of sp³-hybridized carbons (Fsp3) is 0.250. The zero-order valence-electron chi connectivity index (χ0n) is 5.23. The molecule has 0 unspecified atom stereocenters. The average molecular weight is 162 g/mol. The Morgan fingerprint density at radius 2 is 2.30 bits per heavy atom. The molecular weight excluding hydrogens is 156 g/mol. The number of primary sulfonamides is 1. The van der Waals surface area contributed by atoms with Crippen LogP contribution in [0.1, 0.15) is 5.76 Å². The van der Waals surface area contributed by atoms with Crippen molar-refractivity contribution < 1.29 is 12.9 Å². The van der Waals surface area contributed by atoms with Crippen LogP contribution >= 0.6 is 0 Å². The van der Waals surface area contributed by atoms with Crippen LogP contribution in [-0.2, 0) is 10.0 Å². The fourth-order valence-electron chi connectivity index (χ4n) is 0.563. The highest BCUT2D eigenvalue weighted by Crippen LogP contribution is 2.10. The largest absolute Gasteiger partial charge is 0.360 e. The van der Waals surface area contributed by atoms with Crippen LogP contribution in [-0.4, -0.2) is 13.6 Å². The van der Waals surface area contributed by atoms with Crippen molar-refractivity contribution >= 4 is 10.0 Å². The highest BCUT2D eigenvalue weighted by Gasteiger charge is 2.14. The van der Waals surface area contributed by atoms with Crippen LogP contribution in [0.4, 0.5) is 0 Å². The maximum atomic E-state index is 10.6. The summed E-state index contributed by atoms with van der Waals surface area (Å²) in [4.78, 5) is -0.0625. The Morgan fingerprint density at radius 1 is 1.70 bits per heavy atom. The first-order valence-electron chi connectivity index (χ1n) is 2.46. The Hall–Kier alpha value is -0.880. The molecule has 10 heavy (non-hydrogen) atoms. The van der Waals surface area contributed by atoms with E-state index in [1.807, 2.05) is 0 Å². The number of sulfonamides is 1. The van der Waals surface area contributed by atoms with E-state index in [-0.39, 0.29) is 10.7 Å². The van der Waals surface area contributed by atoms with Gasteiger partial charge in [0.1, 0.15) is 4.90 Å². The lowest BCUT2D eigenvalue weighted by molar-refractivity contribution is 0.394. The molecule has 0 radical (unpaired) electrons. The van der Waals surface area contributed by atoms with E-state index >= 15 is 0 Å². The van der Waals surface area contributed by atoms with Crippen molar-refractivity contribution in [3.8, 4) is 0 Å². The maximum absolute atomic E-state index is 10.6. The number of rotatable bonds is 1. The van der Waals surface area contributed by atoms with Crippen LogP contribution in [0, 0.1) is 6.92 Å². The van der Waals surface area contributed by atoms with Gasteiger partial charge in [0.2, 0.25) is 10.0 Å². The quantitative estimate of drug-likeness (QED) is 0.610. The van der Waals surface area contributed by atoms with E-state index in [1.165, 1.54) is 6.92 Å². The van der Waals surface area contributed by atoms with Gasteiger partial charge in [-0.25, -0.2) is 13.6 Å². The van der Waals surface area contributed by atoms with Crippen molar-refractivity contribution in [2.75, 3.05) is 0 Å². The van der Waals surface area contributed by atoms with Gasteiger partial charge in [-0.2, -0.15) is 0 Å². The number of nitrogens with zero attached hydrogens (tertiary/aromatic N) is 1. The van der Waals surface area contributed by atoms with Gasteiger partial charge in [-0.1, -0.05) is 5.16 Å². The van der Waals surface area contributed by atoms with E-state index < -0.39 is 10.0 Å². The molecular formula is C4H6N2O3S. The Kier molecular flexibility index (Phi) is 1.49. The van der Waals surface area contributed by atoms with Gasteiger partial charge in [-0.15, -0.1) is 0 Å². The normalized spacial score (nSPS) is 11.8. The lowest BCUT2D eigenvalue weighted by atomic mass is 10.5. The van der Waals surface area contributed by atoms with E-state index in [0.717, 1.165) is 6.20 Å². The Labute approximate surface area is 57.9 Å². The Bertz CT molecular complexity index is 326. The van der Waals surface area contributed by atoms with Crippen molar-refractivity contribution in [3.05, 3.63) is 12.0 Å². The van der Waals surface area contributed by atoms with Gasteiger partial charge in [-0.05, 0) is 6.92 Å². The molecule has 1 aromatic heterocycles. The molecule has 0 aliphatic carbocycles. The van der Waals surface area contributed by atoms with Gasteiger partial charge in [-0.3, -0.25) is 0 Å². The summed E-state index contributed by atoms with van der Waals surface area (Å²) in [6.07, 6.45) is 1.07. The van der Waals surface area contributed by atoms with Crippen LogP contribution < -0.4 is 5.14 Å². The minimum absolute atomic E-state index is 0.0625. The SMILES string of the molecule is Cc1oncc1S(N)(=O)=O.